The molecule has 0 aliphatic carbocycles. The molecule has 0 saturated heterocycles. The maximum atomic E-state index is 11.8. The highest BCUT2D eigenvalue weighted by molar-refractivity contribution is 5.98. The van der Waals surface area contributed by atoms with E-state index in [2.05, 4.69) is 10.1 Å². The van der Waals surface area contributed by atoms with Gasteiger partial charge in [0.15, 0.2) is 0 Å². The van der Waals surface area contributed by atoms with Crippen LogP contribution in [0.5, 0.6) is 0 Å². The first kappa shape index (κ1) is 16.2. The van der Waals surface area contributed by atoms with Crippen LogP contribution < -0.4 is 11.1 Å². The highest BCUT2D eigenvalue weighted by atomic mass is 35.5. The fraction of sp³-hybridized carbons (Fsp3) is 0.333. The van der Waals surface area contributed by atoms with Crippen molar-refractivity contribution in [2.75, 3.05) is 12.8 Å². The topological polar surface area (TPSA) is 81.4 Å². The quantitative estimate of drug-likeness (QED) is 0.643. The maximum Gasteiger partial charge on any atom is 0.330 e. The smallest absolute Gasteiger partial charge is 0.330 e. The highest BCUT2D eigenvalue weighted by Gasteiger charge is 2.30. The lowest BCUT2D eigenvalue weighted by atomic mass is 10.0. The lowest BCUT2D eigenvalue weighted by Crippen LogP contribution is -2.50. The van der Waals surface area contributed by atoms with Crippen molar-refractivity contribution in [2.24, 2.45) is 0 Å². The van der Waals surface area contributed by atoms with Crippen molar-refractivity contribution in [1.29, 1.82) is 0 Å². The molecule has 0 aliphatic rings. The van der Waals surface area contributed by atoms with Gasteiger partial charge in [-0.1, -0.05) is 0 Å². The van der Waals surface area contributed by atoms with Crippen LogP contribution in [0.4, 0.5) is 5.69 Å². The molecule has 18 heavy (non-hydrogen) atoms. The molecule has 0 aromatic heterocycles. The Balaban J connectivity index is 0.00000289. The van der Waals surface area contributed by atoms with Gasteiger partial charge in [0.2, 0.25) is 0 Å². The Labute approximate surface area is 112 Å². The van der Waals surface area contributed by atoms with Gasteiger partial charge < -0.3 is 15.8 Å². The molecule has 0 saturated carbocycles. The Morgan fingerprint density at radius 2 is 1.72 bits per heavy atom. The summed E-state index contributed by atoms with van der Waals surface area (Å²) in [7, 11) is 1.28. The molecular weight excluding hydrogens is 256 g/mol. The monoisotopic (exact) mass is 272 g/mol. The van der Waals surface area contributed by atoms with E-state index in [-0.39, 0.29) is 18.3 Å². The number of methoxy groups -OCH3 is 1. The van der Waals surface area contributed by atoms with E-state index in [4.69, 9.17) is 5.73 Å². The van der Waals surface area contributed by atoms with Gasteiger partial charge in [-0.05, 0) is 38.1 Å². The molecule has 0 unspecified atom stereocenters. The molecule has 0 bridgehead atoms. The number of nitrogens with one attached hydrogen (secondary N) is 1. The molecule has 6 heteroatoms. The van der Waals surface area contributed by atoms with Gasteiger partial charge in [0.1, 0.15) is 5.54 Å². The average Bonchev–Trinajstić information content (AvgIpc) is 2.28. The third kappa shape index (κ3) is 3.92. The molecule has 1 rings (SSSR count). The van der Waals surface area contributed by atoms with E-state index in [9.17, 15) is 9.59 Å². The predicted octanol–water partition coefficient (Wildman–Crippen LogP) is 1.37. The van der Waals surface area contributed by atoms with Gasteiger partial charge in [-0.3, -0.25) is 4.79 Å². The molecule has 0 fully saturated rings. The van der Waals surface area contributed by atoms with Gasteiger partial charge in [-0.2, -0.15) is 0 Å². The molecule has 1 amide bonds. The Bertz CT molecular complexity index is 429. The number of nitrogens with two attached hydrogens (primary N) is 1. The molecule has 3 N–H and O–H groups in total. The van der Waals surface area contributed by atoms with E-state index < -0.39 is 11.5 Å². The summed E-state index contributed by atoms with van der Waals surface area (Å²) in [6, 6.07) is 6.44. The van der Waals surface area contributed by atoms with Gasteiger partial charge in [0, 0.05) is 11.3 Å². The van der Waals surface area contributed by atoms with Gasteiger partial charge >= 0.3 is 5.97 Å². The second kappa shape index (κ2) is 6.26. The maximum absolute atomic E-state index is 11.8. The van der Waals surface area contributed by atoms with Crippen LogP contribution in [0.15, 0.2) is 24.3 Å². The van der Waals surface area contributed by atoms with E-state index in [1.165, 1.54) is 7.11 Å². The summed E-state index contributed by atoms with van der Waals surface area (Å²) in [5.41, 5.74) is 5.47. The summed E-state index contributed by atoms with van der Waals surface area (Å²) in [5, 5.41) is 2.59. The number of nitrogen functional groups attached to an aromatic ring is 1. The number of hydrogen-bond donors (Lipinski definition) is 2. The van der Waals surface area contributed by atoms with Crippen molar-refractivity contribution in [3.63, 3.8) is 0 Å². The van der Waals surface area contributed by atoms with Crippen molar-refractivity contribution in [3.05, 3.63) is 29.8 Å². The Kier molecular flexibility index (Phi) is 5.65. The fourth-order valence-electron chi connectivity index (χ4n) is 1.30. The van der Waals surface area contributed by atoms with E-state index in [1.54, 1.807) is 38.1 Å². The minimum absolute atomic E-state index is 0. The minimum atomic E-state index is -1.06. The molecule has 0 heterocycles. The summed E-state index contributed by atoms with van der Waals surface area (Å²) < 4.78 is 4.60. The number of anilines is 1. The summed E-state index contributed by atoms with van der Waals surface area (Å²) in [6.45, 7) is 3.15. The summed E-state index contributed by atoms with van der Waals surface area (Å²) in [5.74, 6) is -0.846. The minimum Gasteiger partial charge on any atom is -0.467 e. The van der Waals surface area contributed by atoms with E-state index >= 15 is 0 Å². The highest BCUT2D eigenvalue weighted by Crippen LogP contribution is 2.09. The van der Waals surface area contributed by atoms with Crippen LogP contribution in [0.3, 0.4) is 0 Å². The number of carbonyl (C=O) groups excluding carboxylic acids is 2. The van der Waals surface area contributed by atoms with Crippen LogP contribution in [-0.4, -0.2) is 24.5 Å². The summed E-state index contributed by atoms with van der Waals surface area (Å²) in [6.07, 6.45) is 0. The number of esters is 1. The Hall–Kier alpha value is -1.75. The van der Waals surface area contributed by atoms with E-state index in [1.807, 2.05) is 0 Å². The van der Waals surface area contributed by atoms with Crippen LogP contribution in [0, 0.1) is 0 Å². The third-order valence-corrected chi connectivity index (χ3v) is 2.29. The molecule has 0 spiro atoms. The second-order valence-corrected chi connectivity index (χ2v) is 4.19. The lowest BCUT2D eigenvalue weighted by molar-refractivity contribution is -0.146. The number of benzene rings is 1. The normalized spacial score (nSPS) is 10.2. The zero-order valence-electron chi connectivity index (χ0n) is 10.5. The van der Waals surface area contributed by atoms with Gasteiger partial charge in [-0.15, -0.1) is 12.4 Å². The largest absolute Gasteiger partial charge is 0.467 e. The van der Waals surface area contributed by atoms with Crippen LogP contribution >= 0.6 is 12.4 Å². The second-order valence-electron chi connectivity index (χ2n) is 4.19. The van der Waals surface area contributed by atoms with Crippen molar-refractivity contribution in [3.8, 4) is 0 Å². The van der Waals surface area contributed by atoms with E-state index in [0.717, 1.165) is 0 Å². The van der Waals surface area contributed by atoms with Crippen LogP contribution in [-0.2, 0) is 9.53 Å². The first-order chi connectivity index (χ1) is 7.86. The summed E-state index contributed by atoms with van der Waals surface area (Å²) >= 11 is 0. The van der Waals surface area contributed by atoms with Gasteiger partial charge in [0.25, 0.3) is 5.91 Å². The van der Waals surface area contributed by atoms with E-state index in [0.29, 0.717) is 11.3 Å². The molecule has 0 aliphatic heterocycles. The molecule has 0 radical (unpaired) electrons. The first-order valence-corrected chi connectivity index (χ1v) is 5.13. The molecule has 1 aromatic carbocycles. The molecule has 0 atom stereocenters. The number of rotatable bonds is 3. The first-order valence-electron chi connectivity index (χ1n) is 5.13. The molecule has 5 nitrogen and oxygen atoms in total. The lowest BCUT2D eigenvalue weighted by Gasteiger charge is -2.23. The van der Waals surface area contributed by atoms with Gasteiger partial charge in [0.05, 0.1) is 7.11 Å². The number of hydrogen-bond acceptors (Lipinski definition) is 4. The van der Waals surface area contributed by atoms with Crippen LogP contribution in [0.2, 0.25) is 0 Å². The Morgan fingerprint density at radius 3 is 2.17 bits per heavy atom. The number of ether oxygens (including phenoxy) is 1. The molecule has 100 valence electrons. The number of amides is 1. The SMILES string of the molecule is COC(=O)C(C)(C)NC(=O)c1ccc(N)cc1.Cl. The van der Waals surface area contributed by atoms with Gasteiger partial charge in [-0.25, -0.2) is 4.79 Å². The van der Waals surface area contributed by atoms with Crippen molar-refractivity contribution >= 4 is 30.0 Å². The summed E-state index contributed by atoms with van der Waals surface area (Å²) in [4.78, 5) is 23.2. The Morgan fingerprint density at radius 1 is 1.22 bits per heavy atom. The zero-order valence-corrected chi connectivity index (χ0v) is 11.3. The fourth-order valence-corrected chi connectivity index (χ4v) is 1.30. The van der Waals surface area contributed by atoms with Crippen LogP contribution in [0.1, 0.15) is 24.2 Å². The predicted molar refractivity (Wildman–Crippen MR) is 71.7 cm³/mol. The van der Waals surface area contributed by atoms with Crippen LogP contribution in [0.25, 0.3) is 0 Å². The van der Waals surface area contributed by atoms with Crippen molar-refractivity contribution < 1.29 is 14.3 Å². The average molecular weight is 273 g/mol. The standard InChI is InChI=1S/C12H16N2O3.ClH/c1-12(2,11(16)17-3)14-10(15)8-4-6-9(13)7-5-8;/h4-7H,13H2,1-3H3,(H,14,15);1H. The number of halogens is 1. The molecule has 1 aromatic rings. The number of carbonyl (C=O) groups is 2. The molecular formula is C12H17ClN2O3. The van der Waals surface area contributed by atoms with Crippen molar-refractivity contribution in [2.45, 2.75) is 19.4 Å². The van der Waals surface area contributed by atoms with Crippen molar-refractivity contribution in [1.82, 2.24) is 5.32 Å². The third-order valence-electron chi connectivity index (χ3n) is 2.29. The zero-order chi connectivity index (χ0) is 13.1.